The number of aromatic nitrogens is 2. The number of nitrogens with zero attached hydrogens (tertiary/aromatic N) is 3. The Labute approximate surface area is 97.6 Å². The predicted octanol–water partition coefficient (Wildman–Crippen LogP) is 0.957. The maximum Gasteiger partial charge on any atom is 0.0489 e. The van der Waals surface area contributed by atoms with E-state index in [-0.39, 0.29) is 0 Å². The van der Waals surface area contributed by atoms with Gasteiger partial charge in [0.25, 0.3) is 0 Å². The molecule has 1 unspecified atom stereocenters. The Bertz CT molecular complexity index is 283. The van der Waals surface area contributed by atoms with E-state index < -0.39 is 0 Å². The molecule has 0 bridgehead atoms. The number of aryl methyl sites for hydroxylation is 1. The minimum Gasteiger partial charge on any atom is -0.313 e. The van der Waals surface area contributed by atoms with Crippen LogP contribution < -0.4 is 5.32 Å². The minimum absolute atomic E-state index is 0.691. The Balaban J connectivity index is 1.57. The van der Waals surface area contributed by atoms with Gasteiger partial charge in [0, 0.05) is 31.5 Å². The number of hydrogen-bond donors (Lipinski definition) is 1. The largest absolute Gasteiger partial charge is 0.313 e. The average molecular weight is 222 g/mol. The van der Waals surface area contributed by atoms with Crippen LogP contribution in [0.25, 0.3) is 0 Å². The molecule has 4 heteroatoms. The molecule has 1 aliphatic rings. The van der Waals surface area contributed by atoms with E-state index in [0.29, 0.717) is 6.04 Å². The lowest BCUT2D eigenvalue weighted by Gasteiger charge is -2.30. The first-order chi connectivity index (χ1) is 7.84. The number of nitrogens with one attached hydrogen (secondary N) is 1. The zero-order chi connectivity index (χ0) is 11.2. The topological polar surface area (TPSA) is 33.1 Å². The van der Waals surface area contributed by atoms with Crippen molar-refractivity contribution in [3.05, 3.63) is 18.5 Å². The fourth-order valence-corrected chi connectivity index (χ4v) is 2.31. The maximum absolute atomic E-state index is 4.19. The van der Waals surface area contributed by atoms with Gasteiger partial charge in [0.15, 0.2) is 0 Å². The lowest BCUT2D eigenvalue weighted by atomic mass is 10.1. The molecule has 1 aliphatic heterocycles. The Hall–Kier alpha value is -0.870. The molecule has 1 saturated heterocycles. The average Bonchev–Trinajstić information content (AvgIpc) is 2.77. The van der Waals surface area contributed by atoms with E-state index in [0.717, 1.165) is 19.5 Å². The summed E-state index contributed by atoms with van der Waals surface area (Å²) in [5.74, 6) is 0. The molecule has 1 aromatic rings. The second-order valence-electron chi connectivity index (χ2n) is 4.68. The van der Waals surface area contributed by atoms with Crippen molar-refractivity contribution in [2.24, 2.45) is 0 Å². The summed E-state index contributed by atoms with van der Waals surface area (Å²) in [5, 5.41) is 7.82. The fraction of sp³-hybridized carbons (Fsp3) is 0.750. The van der Waals surface area contributed by atoms with Crippen LogP contribution in [0, 0.1) is 0 Å². The highest BCUT2D eigenvalue weighted by atomic mass is 15.3. The van der Waals surface area contributed by atoms with E-state index in [4.69, 9.17) is 0 Å². The Kier molecular flexibility index (Phi) is 4.36. The lowest BCUT2D eigenvalue weighted by Crippen LogP contribution is -2.44. The second-order valence-corrected chi connectivity index (χ2v) is 4.68. The van der Waals surface area contributed by atoms with Gasteiger partial charge < -0.3 is 10.2 Å². The molecule has 0 aliphatic carbocycles. The molecule has 1 N–H and O–H groups in total. The third kappa shape index (κ3) is 3.61. The van der Waals surface area contributed by atoms with Gasteiger partial charge in [-0.15, -0.1) is 0 Å². The molecule has 1 aromatic heterocycles. The molecule has 0 aromatic carbocycles. The van der Waals surface area contributed by atoms with Gasteiger partial charge in [-0.25, -0.2) is 0 Å². The molecule has 0 radical (unpaired) electrons. The second kappa shape index (κ2) is 6.01. The van der Waals surface area contributed by atoms with E-state index >= 15 is 0 Å². The van der Waals surface area contributed by atoms with Crippen molar-refractivity contribution in [3.8, 4) is 0 Å². The molecule has 2 heterocycles. The number of likely N-dealkylation sites (tertiary alicyclic amines) is 1. The third-order valence-corrected chi connectivity index (χ3v) is 3.18. The van der Waals surface area contributed by atoms with E-state index in [1.54, 1.807) is 0 Å². The highest BCUT2D eigenvalue weighted by Gasteiger charge is 2.15. The van der Waals surface area contributed by atoms with Crippen molar-refractivity contribution in [2.75, 3.05) is 26.7 Å². The predicted molar refractivity (Wildman–Crippen MR) is 65.4 cm³/mol. The zero-order valence-corrected chi connectivity index (χ0v) is 10.1. The van der Waals surface area contributed by atoms with Gasteiger partial charge >= 0.3 is 0 Å². The van der Waals surface area contributed by atoms with Crippen molar-refractivity contribution >= 4 is 0 Å². The molecule has 2 rings (SSSR count). The summed E-state index contributed by atoms with van der Waals surface area (Å²) in [7, 11) is 2.21. The number of rotatable bonds is 5. The van der Waals surface area contributed by atoms with E-state index in [9.17, 15) is 0 Å². The van der Waals surface area contributed by atoms with E-state index in [1.165, 1.54) is 25.9 Å². The maximum atomic E-state index is 4.19. The van der Waals surface area contributed by atoms with Crippen LogP contribution >= 0.6 is 0 Å². The first kappa shape index (κ1) is 11.6. The van der Waals surface area contributed by atoms with Crippen LogP contribution in [0.3, 0.4) is 0 Å². The van der Waals surface area contributed by atoms with Crippen LogP contribution in [0.5, 0.6) is 0 Å². The van der Waals surface area contributed by atoms with Gasteiger partial charge in [-0.2, -0.15) is 5.10 Å². The highest BCUT2D eigenvalue weighted by molar-refractivity contribution is 4.78. The lowest BCUT2D eigenvalue weighted by molar-refractivity contribution is 0.226. The van der Waals surface area contributed by atoms with Crippen molar-refractivity contribution < 1.29 is 0 Å². The summed E-state index contributed by atoms with van der Waals surface area (Å²) in [6.07, 6.45) is 7.67. The molecule has 1 fully saturated rings. The Morgan fingerprint density at radius 1 is 1.50 bits per heavy atom. The van der Waals surface area contributed by atoms with Gasteiger partial charge in [-0.05, 0) is 45.5 Å². The van der Waals surface area contributed by atoms with Crippen molar-refractivity contribution in [3.63, 3.8) is 0 Å². The quantitative estimate of drug-likeness (QED) is 0.753. The Morgan fingerprint density at radius 3 is 3.19 bits per heavy atom. The van der Waals surface area contributed by atoms with Gasteiger partial charge in [-0.1, -0.05) is 0 Å². The summed E-state index contributed by atoms with van der Waals surface area (Å²) < 4.78 is 1.99. The molecular formula is C12H22N4. The molecule has 90 valence electrons. The fourth-order valence-electron chi connectivity index (χ4n) is 2.31. The SMILES string of the molecule is CN1CCCC(NCCCn2cccn2)C1. The van der Waals surface area contributed by atoms with Crippen molar-refractivity contribution in [1.29, 1.82) is 0 Å². The standard InChI is InChI=1S/C12H22N4/c1-15-8-2-5-12(11-15)13-6-3-9-16-10-4-7-14-16/h4,7,10,12-13H,2-3,5-6,8-9,11H2,1H3. The smallest absolute Gasteiger partial charge is 0.0489 e. The summed E-state index contributed by atoms with van der Waals surface area (Å²) in [5.41, 5.74) is 0. The molecule has 0 saturated carbocycles. The molecular weight excluding hydrogens is 200 g/mol. The summed E-state index contributed by atoms with van der Waals surface area (Å²) in [6.45, 7) is 4.56. The summed E-state index contributed by atoms with van der Waals surface area (Å²) in [6, 6.07) is 2.67. The normalized spacial score (nSPS) is 22.4. The minimum atomic E-state index is 0.691. The first-order valence-electron chi connectivity index (χ1n) is 6.24. The van der Waals surface area contributed by atoms with Crippen LogP contribution in [-0.2, 0) is 6.54 Å². The van der Waals surface area contributed by atoms with Crippen LogP contribution in [0.2, 0.25) is 0 Å². The first-order valence-corrected chi connectivity index (χ1v) is 6.24. The monoisotopic (exact) mass is 222 g/mol. The molecule has 0 amide bonds. The van der Waals surface area contributed by atoms with Gasteiger partial charge in [0.1, 0.15) is 0 Å². The Morgan fingerprint density at radius 2 is 2.44 bits per heavy atom. The van der Waals surface area contributed by atoms with Crippen LogP contribution in [-0.4, -0.2) is 47.4 Å². The summed E-state index contributed by atoms with van der Waals surface area (Å²) in [4.78, 5) is 2.41. The number of likely N-dealkylation sites (N-methyl/N-ethyl adjacent to an activating group) is 1. The van der Waals surface area contributed by atoms with E-state index in [2.05, 4.69) is 22.4 Å². The summed E-state index contributed by atoms with van der Waals surface area (Å²) >= 11 is 0. The van der Waals surface area contributed by atoms with Crippen molar-refractivity contribution in [1.82, 2.24) is 20.0 Å². The van der Waals surface area contributed by atoms with Gasteiger partial charge in [0.05, 0.1) is 0 Å². The van der Waals surface area contributed by atoms with Gasteiger partial charge in [0.2, 0.25) is 0 Å². The number of hydrogen-bond acceptors (Lipinski definition) is 3. The number of piperidine rings is 1. The van der Waals surface area contributed by atoms with Crippen LogP contribution in [0.4, 0.5) is 0 Å². The van der Waals surface area contributed by atoms with E-state index in [1.807, 2.05) is 23.1 Å². The highest BCUT2D eigenvalue weighted by Crippen LogP contribution is 2.07. The molecule has 1 atom stereocenters. The molecule has 16 heavy (non-hydrogen) atoms. The van der Waals surface area contributed by atoms with Crippen molar-refractivity contribution in [2.45, 2.75) is 31.8 Å². The molecule has 0 spiro atoms. The van der Waals surface area contributed by atoms with Crippen LogP contribution in [0.15, 0.2) is 18.5 Å². The van der Waals surface area contributed by atoms with Gasteiger partial charge in [-0.3, -0.25) is 4.68 Å². The zero-order valence-electron chi connectivity index (χ0n) is 10.1. The third-order valence-electron chi connectivity index (χ3n) is 3.18. The van der Waals surface area contributed by atoms with Crippen LogP contribution in [0.1, 0.15) is 19.3 Å². The molecule has 4 nitrogen and oxygen atoms in total.